The van der Waals surface area contributed by atoms with Crippen LogP contribution in [-0.4, -0.2) is 37.7 Å². The second-order valence-corrected chi connectivity index (χ2v) is 8.10. The molecular weight excluding hydrogens is 443 g/mol. The fourth-order valence-corrected chi connectivity index (χ4v) is 4.25. The average Bonchev–Trinajstić information content (AvgIpc) is 3.39. The van der Waals surface area contributed by atoms with Crippen LogP contribution in [0.25, 0.3) is 22.6 Å². The molecule has 4 aromatic rings. The van der Waals surface area contributed by atoms with E-state index >= 15 is 0 Å². The Morgan fingerprint density at radius 3 is 2.76 bits per heavy atom. The van der Waals surface area contributed by atoms with E-state index in [9.17, 15) is 4.39 Å². The molecule has 0 saturated heterocycles. The van der Waals surface area contributed by atoms with Crippen molar-refractivity contribution in [3.8, 4) is 28.5 Å². The molecule has 33 heavy (non-hydrogen) atoms. The highest BCUT2D eigenvalue weighted by molar-refractivity contribution is 6.31. The number of rotatable bonds is 7. The van der Waals surface area contributed by atoms with Gasteiger partial charge in [0.1, 0.15) is 23.3 Å². The largest absolute Gasteiger partial charge is 0.474 e. The Labute approximate surface area is 195 Å². The molecule has 9 heteroatoms. The van der Waals surface area contributed by atoms with E-state index in [0.29, 0.717) is 30.0 Å². The van der Waals surface area contributed by atoms with Crippen LogP contribution in [0.2, 0.25) is 5.02 Å². The minimum absolute atomic E-state index is 0.0207. The lowest BCUT2D eigenvalue weighted by atomic mass is 10.1. The Balaban J connectivity index is 1.57. The van der Waals surface area contributed by atoms with Crippen LogP contribution in [0.1, 0.15) is 25.2 Å². The van der Waals surface area contributed by atoms with Crippen molar-refractivity contribution in [2.75, 3.05) is 18.5 Å². The quantitative estimate of drug-likeness (QED) is 0.405. The molecule has 0 bridgehead atoms. The number of halogens is 2. The fourth-order valence-electron chi connectivity index (χ4n) is 4.07. The second-order valence-electron chi connectivity index (χ2n) is 7.69. The summed E-state index contributed by atoms with van der Waals surface area (Å²) in [5.74, 6) is 1.60. The molecule has 3 aromatic heterocycles. The van der Waals surface area contributed by atoms with Crippen LogP contribution in [0.4, 0.5) is 10.3 Å². The summed E-state index contributed by atoms with van der Waals surface area (Å²) in [7, 11) is 0. The number of fused-ring (bicyclic) bond motifs is 1. The van der Waals surface area contributed by atoms with E-state index in [1.807, 2.05) is 13.0 Å². The van der Waals surface area contributed by atoms with Crippen molar-refractivity contribution in [1.29, 1.82) is 0 Å². The van der Waals surface area contributed by atoms with Gasteiger partial charge in [-0.1, -0.05) is 11.6 Å². The second kappa shape index (κ2) is 9.15. The van der Waals surface area contributed by atoms with Gasteiger partial charge in [0, 0.05) is 30.9 Å². The van der Waals surface area contributed by atoms with E-state index in [4.69, 9.17) is 26.3 Å². The predicted octanol–water partition coefficient (Wildman–Crippen LogP) is 5.19. The summed E-state index contributed by atoms with van der Waals surface area (Å²) in [4.78, 5) is 18.2. The third-order valence-corrected chi connectivity index (χ3v) is 5.83. The van der Waals surface area contributed by atoms with Crippen LogP contribution in [0, 0.1) is 5.82 Å². The van der Waals surface area contributed by atoms with Crippen molar-refractivity contribution < 1.29 is 9.13 Å². The van der Waals surface area contributed by atoms with Crippen molar-refractivity contribution in [3.63, 3.8) is 0 Å². The Morgan fingerprint density at radius 1 is 1.12 bits per heavy atom. The number of aryl methyl sites for hydroxylation is 1. The monoisotopic (exact) mass is 464 g/mol. The van der Waals surface area contributed by atoms with E-state index < -0.39 is 0 Å². The van der Waals surface area contributed by atoms with Gasteiger partial charge in [0.15, 0.2) is 0 Å². The molecule has 7 nitrogen and oxygen atoms in total. The summed E-state index contributed by atoms with van der Waals surface area (Å²) in [6, 6.07) is 11.8. The Bertz CT molecular complexity index is 1280. The number of benzene rings is 1. The summed E-state index contributed by atoms with van der Waals surface area (Å²) < 4.78 is 21.7. The van der Waals surface area contributed by atoms with Crippen LogP contribution in [0.15, 0.2) is 54.9 Å². The van der Waals surface area contributed by atoms with Gasteiger partial charge in [-0.3, -0.25) is 0 Å². The van der Waals surface area contributed by atoms with Crippen molar-refractivity contribution >= 4 is 17.5 Å². The minimum atomic E-state index is -0.290. The van der Waals surface area contributed by atoms with Gasteiger partial charge in [-0.2, -0.15) is 0 Å². The highest BCUT2D eigenvalue weighted by Crippen LogP contribution is 2.39. The van der Waals surface area contributed by atoms with Crippen LogP contribution >= 0.6 is 11.6 Å². The van der Waals surface area contributed by atoms with Gasteiger partial charge < -0.3 is 14.6 Å². The molecule has 0 radical (unpaired) electrons. The van der Waals surface area contributed by atoms with Gasteiger partial charge in [-0.25, -0.2) is 24.3 Å². The standard InChI is InChI=1S/C24H22ClFN6O/c1-2-27-24-29-13-11-19(30-24)22-21(15-5-7-16(26)8-6-15)31-20-10-9-17(32(20)22)14-33-23-18(25)4-3-12-28-23/h3-8,11-13,17H,2,9-10,14H2,1H3,(H,27,29,30). The molecule has 0 amide bonds. The first-order valence-electron chi connectivity index (χ1n) is 10.8. The summed E-state index contributed by atoms with van der Waals surface area (Å²) in [6.07, 6.45) is 5.04. The van der Waals surface area contributed by atoms with Gasteiger partial charge in [0.2, 0.25) is 11.8 Å². The lowest BCUT2D eigenvalue weighted by Gasteiger charge is -2.18. The Hall–Kier alpha value is -3.52. The van der Waals surface area contributed by atoms with Crippen molar-refractivity contribution in [2.24, 2.45) is 0 Å². The number of nitrogens with zero attached hydrogens (tertiary/aromatic N) is 5. The zero-order valence-electron chi connectivity index (χ0n) is 18.0. The highest BCUT2D eigenvalue weighted by atomic mass is 35.5. The first kappa shape index (κ1) is 21.3. The molecule has 1 aromatic carbocycles. The third kappa shape index (κ3) is 4.26. The molecule has 1 atom stereocenters. The summed E-state index contributed by atoms with van der Waals surface area (Å²) in [5.41, 5.74) is 3.18. The lowest BCUT2D eigenvalue weighted by Crippen LogP contribution is -2.16. The molecule has 0 saturated carbocycles. The maximum atomic E-state index is 13.6. The number of aromatic nitrogens is 5. The maximum Gasteiger partial charge on any atom is 0.232 e. The number of hydrogen-bond acceptors (Lipinski definition) is 6. The Morgan fingerprint density at radius 2 is 1.97 bits per heavy atom. The van der Waals surface area contributed by atoms with Crippen molar-refractivity contribution in [3.05, 3.63) is 71.5 Å². The number of pyridine rings is 1. The van der Waals surface area contributed by atoms with Gasteiger partial charge in [-0.15, -0.1) is 0 Å². The lowest BCUT2D eigenvalue weighted by molar-refractivity contribution is 0.247. The van der Waals surface area contributed by atoms with Gasteiger partial charge in [-0.05, 0) is 55.8 Å². The molecule has 1 aliphatic rings. The molecule has 1 unspecified atom stereocenters. The van der Waals surface area contributed by atoms with Crippen molar-refractivity contribution in [2.45, 2.75) is 25.8 Å². The van der Waals surface area contributed by atoms with Crippen molar-refractivity contribution in [1.82, 2.24) is 24.5 Å². The highest BCUT2D eigenvalue weighted by Gasteiger charge is 2.31. The smallest absolute Gasteiger partial charge is 0.232 e. The maximum absolute atomic E-state index is 13.6. The molecule has 0 aliphatic carbocycles. The van der Waals surface area contributed by atoms with Crippen LogP contribution in [-0.2, 0) is 6.42 Å². The average molecular weight is 465 g/mol. The first-order chi connectivity index (χ1) is 16.1. The first-order valence-corrected chi connectivity index (χ1v) is 11.2. The zero-order chi connectivity index (χ0) is 22.8. The van der Waals surface area contributed by atoms with E-state index in [-0.39, 0.29) is 11.9 Å². The zero-order valence-corrected chi connectivity index (χ0v) is 18.8. The van der Waals surface area contributed by atoms with E-state index in [2.05, 4.69) is 19.9 Å². The van der Waals surface area contributed by atoms with E-state index in [0.717, 1.165) is 41.3 Å². The molecule has 0 spiro atoms. The van der Waals surface area contributed by atoms with Crippen LogP contribution in [0.5, 0.6) is 5.88 Å². The summed E-state index contributed by atoms with van der Waals surface area (Å²) >= 11 is 6.22. The fraction of sp³-hybridized carbons (Fsp3) is 0.250. The molecule has 168 valence electrons. The van der Waals surface area contributed by atoms with Gasteiger partial charge in [0.25, 0.3) is 0 Å². The van der Waals surface area contributed by atoms with E-state index in [1.54, 1.807) is 36.7 Å². The Kier molecular flexibility index (Phi) is 5.92. The molecule has 4 heterocycles. The molecule has 5 rings (SSSR count). The van der Waals surface area contributed by atoms with Gasteiger partial charge in [0.05, 0.1) is 23.1 Å². The SMILES string of the molecule is CCNc1nccc(-c2c(-c3ccc(F)cc3)nc3n2C(COc2ncccc2Cl)CC3)n1. The predicted molar refractivity (Wildman–Crippen MR) is 125 cm³/mol. The normalized spacial score (nSPS) is 14.8. The number of imidazole rings is 1. The molecule has 0 fully saturated rings. The molecule has 1 aliphatic heterocycles. The number of hydrogen-bond donors (Lipinski definition) is 1. The number of anilines is 1. The van der Waals surface area contributed by atoms with Crippen LogP contribution in [0.3, 0.4) is 0 Å². The number of ether oxygens (including phenoxy) is 1. The summed E-state index contributed by atoms with van der Waals surface area (Å²) in [6.45, 7) is 3.09. The van der Waals surface area contributed by atoms with Gasteiger partial charge >= 0.3 is 0 Å². The van der Waals surface area contributed by atoms with E-state index in [1.165, 1.54) is 12.1 Å². The number of nitrogens with one attached hydrogen (secondary N) is 1. The third-order valence-electron chi connectivity index (χ3n) is 5.54. The molecular formula is C24H22ClFN6O. The van der Waals surface area contributed by atoms with Crippen LogP contribution < -0.4 is 10.1 Å². The topological polar surface area (TPSA) is 77.8 Å². The summed E-state index contributed by atoms with van der Waals surface area (Å²) in [5, 5.41) is 3.63. The molecule has 1 N–H and O–H groups in total. The minimum Gasteiger partial charge on any atom is -0.474 e.